The van der Waals surface area contributed by atoms with Gasteiger partial charge in [-0.25, -0.2) is 0 Å². The lowest BCUT2D eigenvalue weighted by Crippen LogP contribution is -2.49. The fourth-order valence-corrected chi connectivity index (χ4v) is 13.4. The van der Waals surface area contributed by atoms with Gasteiger partial charge in [-0.1, -0.05) is 167 Å². The van der Waals surface area contributed by atoms with E-state index in [9.17, 15) is 0 Å². The lowest BCUT2D eigenvalue weighted by atomic mass is 9.49. The lowest BCUT2D eigenvalue weighted by Gasteiger charge is -2.54. The van der Waals surface area contributed by atoms with Crippen LogP contribution in [0, 0.1) is 23.7 Å². The zero-order valence-corrected chi connectivity index (χ0v) is 34.7. The summed E-state index contributed by atoms with van der Waals surface area (Å²) in [5, 5.41) is 5.05. The number of rotatable bonds is 4. The van der Waals surface area contributed by atoms with Gasteiger partial charge < -0.3 is 4.90 Å². The van der Waals surface area contributed by atoms with Gasteiger partial charge in [-0.15, -0.1) is 0 Å². The minimum Gasteiger partial charge on any atom is -0.309 e. The highest BCUT2D eigenvalue weighted by atomic mass is 15.1. The average molecular weight is 762 g/mol. The molecule has 8 aromatic carbocycles. The van der Waals surface area contributed by atoms with Gasteiger partial charge in [-0.05, 0) is 140 Å². The number of fused-ring (bicyclic) bond motifs is 13. The van der Waals surface area contributed by atoms with E-state index < -0.39 is 0 Å². The molecular formula is C58H51N. The number of nitrogens with zero attached hydrogens (tertiary/aromatic N) is 1. The third kappa shape index (κ3) is 4.85. The Kier molecular flexibility index (Phi) is 7.60. The molecule has 12 rings (SSSR count). The molecule has 5 atom stereocenters. The van der Waals surface area contributed by atoms with Gasteiger partial charge in [0, 0.05) is 27.5 Å². The predicted molar refractivity (Wildman–Crippen MR) is 249 cm³/mol. The molecule has 5 unspecified atom stereocenters. The Morgan fingerprint density at radius 1 is 0.458 bits per heavy atom. The number of hydrogen-bond acceptors (Lipinski definition) is 1. The van der Waals surface area contributed by atoms with E-state index in [-0.39, 0.29) is 10.8 Å². The molecule has 0 radical (unpaired) electrons. The van der Waals surface area contributed by atoms with Crippen molar-refractivity contribution in [1.29, 1.82) is 0 Å². The SMILES string of the molecule is CC1CC2CC(C)C3(c4ccccc4-c4c(-c5cccc6c(N(c7ccc8ccccc8c7)c7cccc8c7-c7ccccc7C8(C)C)cccc56)cccc43)C(C1)C2. The molecule has 4 aliphatic rings. The maximum atomic E-state index is 2.58. The first-order chi connectivity index (χ1) is 28.8. The van der Waals surface area contributed by atoms with Crippen LogP contribution in [0.25, 0.3) is 54.9 Å². The Morgan fingerprint density at radius 2 is 1.08 bits per heavy atom. The summed E-state index contributed by atoms with van der Waals surface area (Å²) < 4.78 is 0. The topological polar surface area (TPSA) is 3.24 Å². The minimum atomic E-state index is -0.101. The maximum Gasteiger partial charge on any atom is 0.0543 e. The van der Waals surface area contributed by atoms with Crippen LogP contribution in [0.2, 0.25) is 0 Å². The summed E-state index contributed by atoms with van der Waals surface area (Å²) in [5.41, 5.74) is 17.7. The molecule has 1 nitrogen and oxygen atoms in total. The average Bonchev–Trinajstić information content (AvgIpc) is 3.69. The van der Waals surface area contributed by atoms with E-state index in [1.807, 2.05) is 0 Å². The summed E-state index contributed by atoms with van der Waals surface area (Å²) in [5.74, 6) is 2.93. The van der Waals surface area contributed by atoms with Crippen molar-refractivity contribution in [1.82, 2.24) is 0 Å². The van der Waals surface area contributed by atoms with Crippen molar-refractivity contribution < 1.29 is 0 Å². The highest BCUT2D eigenvalue weighted by molar-refractivity contribution is 6.10. The molecule has 0 heterocycles. The molecule has 0 amide bonds. The highest BCUT2D eigenvalue weighted by Crippen LogP contribution is 2.66. The Bertz CT molecular complexity index is 3000. The van der Waals surface area contributed by atoms with E-state index in [2.05, 4.69) is 196 Å². The van der Waals surface area contributed by atoms with E-state index in [1.165, 1.54) is 109 Å². The summed E-state index contributed by atoms with van der Waals surface area (Å²) >= 11 is 0. The zero-order chi connectivity index (χ0) is 39.6. The third-order valence-corrected chi connectivity index (χ3v) is 15.5. The van der Waals surface area contributed by atoms with Gasteiger partial charge in [0.1, 0.15) is 0 Å². The first-order valence-electron chi connectivity index (χ1n) is 22.1. The fraction of sp³-hybridized carbons (Fsp3) is 0.241. The molecule has 288 valence electrons. The molecule has 8 aromatic rings. The molecule has 0 saturated heterocycles. The second-order valence-corrected chi connectivity index (χ2v) is 19.1. The van der Waals surface area contributed by atoms with Crippen LogP contribution in [0.15, 0.2) is 164 Å². The van der Waals surface area contributed by atoms with Gasteiger partial charge in [0.05, 0.1) is 11.4 Å². The van der Waals surface area contributed by atoms with Crippen LogP contribution >= 0.6 is 0 Å². The second-order valence-electron chi connectivity index (χ2n) is 19.1. The van der Waals surface area contributed by atoms with E-state index in [4.69, 9.17) is 0 Å². The van der Waals surface area contributed by atoms with Crippen molar-refractivity contribution in [3.63, 3.8) is 0 Å². The molecule has 1 spiro atoms. The molecule has 0 aromatic heterocycles. The summed E-state index contributed by atoms with van der Waals surface area (Å²) in [7, 11) is 0. The van der Waals surface area contributed by atoms with E-state index in [0.717, 1.165) is 11.8 Å². The number of anilines is 3. The smallest absolute Gasteiger partial charge is 0.0543 e. The van der Waals surface area contributed by atoms with Crippen molar-refractivity contribution in [2.45, 2.75) is 64.2 Å². The first-order valence-corrected chi connectivity index (χ1v) is 22.1. The van der Waals surface area contributed by atoms with Crippen LogP contribution in [0.1, 0.15) is 75.6 Å². The highest BCUT2D eigenvalue weighted by Gasteiger charge is 2.56. The quantitative estimate of drug-likeness (QED) is 0.173. The first kappa shape index (κ1) is 35.1. The van der Waals surface area contributed by atoms with Crippen LogP contribution in [-0.2, 0) is 10.8 Å². The Hall–Kier alpha value is -5.92. The fourth-order valence-electron chi connectivity index (χ4n) is 13.4. The summed E-state index contributed by atoms with van der Waals surface area (Å²) in [6, 6.07) is 62.6. The van der Waals surface area contributed by atoms with Gasteiger partial charge >= 0.3 is 0 Å². The maximum absolute atomic E-state index is 2.58. The minimum absolute atomic E-state index is 0.0630. The van der Waals surface area contributed by atoms with Gasteiger partial charge in [0.2, 0.25) is 0 Å². The monoisotopic (exact) mass is 761 g/mol. The normalized spacial score (nSPS) is 23.2. The Morgan fingerprint density at radius 3 is 1.95 bits per heavy atom. The van der Waals surface area contributed by atoms with Crippen LogP contribution in [0.4, 0.5) is 17.1 Å². The largest absolute Gasteiger partial charge is 0.309 e. The van der Waals surface area contributed by atoms with Gasteiger partial charge in [-0.2, -0.15) is 0 Å². The molecule has 0 aliphatic heterocycles. The molecule has 2 fully saturated rings. The van der Waals surface area contributed by atoms with Crippen molar-refractivity contribution in [2.24, 2.45) is 23.7 Å². The number of hydrogen-bond donors (Lipinski definition) is 0. The van der Waals surface area contributed by atoms with Crippen LogP contribution in [0.3, 0.4) is 0 Å². The van der Waals surface area contributed by atoms with Crippen LogP contribution < -0.4 is 4.90 Å². The standard InChI is InChI=1S/C58H51N/c1-36-31-38-33-37(2)58(41(32-36)34-38)50-24-10-8-18-48(50)55-46(22-12-26-52(55)58)44-19-11-21-45-43(44)20-13-27-53(45)59(42-30-29-39-15-5-6-16-40(39)35-42)54-28-14-25-51-56(54)47-17-7-9-23-49(47)57(51,3)4/h5-30,35-38,41H,31-34H2,1-4H3. The third-order valence-electron chi connectivity index (χ3n) is 15.5. The van der Waals surface area contributed by atoms with E-state index in [0.29, 0.717) is 11.8 Å². The molecule has 0 N–H and O–H groups in total. The summed E-state index contributed by atoms with van der Waals surface area (Å²) in [6.07, 6.45) is 5.41. The molecule has 2 saturated carbocycles. The van der Waals surface area contributed by atoms with E-state index in [1.54, 1.807) is 11.1 Å². The van der Waals surface area contributed by atoms with Gasteiger partial charge in [0.15, 0.2) is 0 Å². The van der Waals surface area contributed by atoms with Crippen molar-refractivity contribution in [3.8, 4) is 33.4 Å². The van der Waals surface area contributed by atoms with Gasteiger partial charge in [-0.3, -0.25) is 0 Å². The zero-order valence-electron chi connectivity index (χ0n) is 34.7. The molecular weight excluding hydrogens is 711 g/mol. The molecule has 1 heteroatoms. The van der Waals surface area contributed by atoms with Gasteiger partial charge in [0.25, 0.3) is 0 Å². The number of benzene rings is 8. The van der Waals surface area contributed by atoms with E-state index >= 15 is 0 Å². The summed E-state index contributed by atoms with van der Waals surface area (Å²) in [4.78, 5) is 2.56. The summed E-state index contributed by atoms with van der Waals surface area (Å²) in [6.45, 7) is 9.86. The predicted octanol–water partition coefficient (Wildman–Crippen LogP) is 15.8. The van der Waals surface area contributed by atoms with Crippen molar-refractivity contribution >= 4 is 38.6 Å². The van der Waals surface area contributed by atoms with Crippen molar-refractivity contribution in [2.75, 3.05) is 4.90 Å². The van der Waals surface area contributed by atoms with Crippen molar-refractivity contribution in [3.05, 3.63) is 186 Å². The Balaban J connectivity index is 1.10. The Labute approximate surface area is 349 Å². The molecule has 4 aliphatic carbocycles. The molecule has 59 heavy (non-hydrogen) atoms. The molecule has 2 bridgehead atoms. The van der Waals surface area contributed by atoms with Crippen LogP contribution in [-0.4, -0.2) is 0 Å². The van der Waals surface area contributed by atoms with Crippen LogP contribution in [0.5, 0.6) is 0 Å². The lowest BCUT2D eigenvalue weighted by molar-refractivity contribution is 0.0426. The second kappa shape index (κ2) is 12.8.